The van der Waals surface area contributed by atoms with E-state index in [1.165, 1.54) is 5.52 Å². The molecule has 30 heavy (non-hydrogen) atoms. The Labute approximate surface area is 177 Å². The lowest BCUT2D eigenvalue weighted by Gasteiger charge is -2.13. The van der Waals surface area contributed by atoms with E-state index in [0.29, 0.717) is 13.2 Å². The summed E-state index contributed by atoms with van der Waals surface area (Å²) in [5, 5.41) is 14.8. The molecule has 2 heterocycles. The third-order valence-electron chi connectivity index (χ3n) is 4.91. The Hall–Kier alpha value is -2.94. The van der Waals surface area contributed by atoms with Crippen LogP contribution in [0.5, 0.6) is 0 Å². The van der Waals surface area contributed by atoms with E-state index in [4.69, 9.17) is 9.73 Å². The molecule has 0 saturated carbocycles. The maximum atomic E-state index is 5.14. The molecule has 9 heteroatoms. The van der Waals surface area contributed by atoms with Crippen LogP contribution in [0.1, 0.15) is 25.0 Å². The Morgan fingerprint density at radius 3 is 2.83 bits per heavy atom. The number of aliphatic imine (C=N–C) groups is 1. The summed E-state index contributed by atoms with van der Waals surface area (Å²) in [6.45, 7) is 8.63. The molecule has 2 aromatic heterocycles. The molecule has 162 valence electrons. The highest BCUT2D eigenvalue weighted by Gasteiger charge is 2.06. The number of benzene rings is 1. The molecule has 3 rings (SSSR count). The van der Waals surface area contributed by atoms with E-state index in [9.17, 15) is 0 Å². The van der Waals surface area contributed by atoms with Crippen LogP contribution < -0.4 is 10.6 Å². The first-order valence-corrected chi connectivity index (χ1v) is 10.5. The number of aryl methyl sites for hydroxylation is 3. The average Bonchev–Trinajstić information content (AvgIpc) is 3.34. The van der Waals surface area contributed by atoms with E-state index in [2.05, 4.69) is 67.0 Å². The monoisotopic (exact) mass is 412 g/mol. The topological polar surface area (TPSA) is 94.2 Å². The van der Waals surface area contributed by atoms with Gasteiger partial charge in [-0.05, 0) is 25.5 Å². The highest BCUT2D eigenvalue weighted by molar-refractivity contribution is 5.79. The molecule has 0 amide bonds. The molecule has 0 radical (unpaired) electrons. The Morgan fingerprint density at radius 1 is 1.17 bits per heavy atom. The van der Waals surface area contributed by atoms with E-state index in [0.717, 1.165) is 62.1 Å². The van der Waals surface area contributed by atoms with Gasteiger partial charge in [0.15, 0.2) is 5.96 Å². The molecule has 0 aliphatic heterocycles. The van der Waals surface area contributed by atoms with Crippen LogP contribution in [0.4, 0.5) is 0 Å². The predicted octanol–water partition coefficient (Wildman–Crippen LogP) is 1.77. The van der Waals surface area contributed by atoms with Crippen molar-refractivity contribution in [2.24, 2.45) is 4.99 Å². The molecular weight excluding hydrogens is 380 g/mol. The lowest BCUT2D eigenvalue weighted by Crippen LogP contribution is -2.40. The van der Waals surface area contributed by atoms with Gasteiger partial charge in [-0.1, -0.05) is 19.1 Å². The summed E-state index contributed by atoms with van der Waals surface area (Å²) in [7, 11) is 1.70. The summed E-state index contributed by atoms with van der Waals surface area (Å²) < 4.78 is 9.46. The summed E-state index contributed by atoms with van der Waals surface area (Å²) in [5.41, 5.74) is 2.22. The number of nitrogens with one attached hydrogen (secondary N) is 2. The largest absolute Gasteiger partial charge is 0.383 e. The van der Waals surface area contributed by atoms with Gasteiger partial charge in [0.05, 0.1) is 17.6 Å². The molecule has 0 fully saturated rings. The summed E-state index contributed by atoms with van der Waals surface area (Å²) in [4.78, 5) is 9.36. The molecular formula is C21H32N8O. The first kappa shape index (κ1) is 21.8. The van der Waals surface area contributed by atoms with Gasteiger partial charge in [-0.2, -0.15) is 0 Å². The maximum Gasteiger partial charge on any atom is 0.191 e. The number of aromatic nitrogens is 5. The summed E-state index contributed by atoms with van der Waals surface area (Å²) in [5.74, 6) is 2.83. The van der Waals surface area contributed by atoms with Crippen LogP contribution >= 0.6 is 0 Å². The third kappa shape index (κ3) is 5.79. The fourth-order valence-electron chi connectivity index (χ4n) is 3.38. The van der Waals surface area contributed by atoms with Crippen molar-refractivity contribution < 1.29 is 4.74 Å². The van der Waals surface area contributed by atoms with Gasteiger partial charge in [-0.15, -0.1) is 10.2 Å². The van der Waals surface area contributed by atoms with Crippen LogP contribution in [0.2, 0.25) is 0 Å². The Bertz CT molecular complexity index is 946. The maximum absolute atomic E-state index is 5.14. The minimum absolute atomic E-state index is 0.631. The Morgan fingerprint density at radius 2 is 2.00 bits per heavy atom. The highest BCUT2D eigenvalue weighted by Crippen LogP contribution is 2.15. The van der Waals surface area contributed by atoms with Crippen molar-refractivity contribution >= 4 is 17.0 Å². The number of fused-ring (bicyclic) bond motifs is 1. The Kier molecular flexibility index (Phi) is 8.20. The van der Waals surface area contributed by atoms with Crippen molar-refractivity contribution in [1.82, 2.24) is 34.9 Å². The van der Waals surface area contributed by atoms with Crippen molar-refractivity contribution in [3.05, 3.63) is 42.2 Å². The summed E-state index contributed by atoms with van der Waals surface area (Å²) in [6, 6.07) is 8.25. The van der Waals surface area contributed by atoms with Crippen molar-refractivity contribution in [2.75, 3.05) is 33.4 Å². The normalized spacial score (nSPS) is 11.9. The smallest absolute Gasteiger partial charge is 0.191 e. The van der Waals surface area contributed by atoms with Crippen LogP contribution in [-0.4, -0.2) is 63.6 Å². The van der Waals surface area contributed by atoms with E-state index in [-0.39, 0.29) is 0 Å². The molecule has 0 unspecified atom stereocenters. The van der Waals surface area contributed by atoms with Crippen molar-refractivity contribution in [3.63, 3.8) is 0 Å². The zero-order valence-electron chi connectivity index (χ0n) is 18.1. The quantitative estimate of drug-likeness (QED) is 0.283. The number of ether oxygens (including phenoxy) is 1. The summed E-state index contributed by atoms with van der Waals surface area (Å²) >= 11 is 0. The first-order valence-electron chi connectivity index (χ1n) is 10.5. The molecule has 0 aliphatic rings. The second-order valence-corrected chi connectivity index (χ2v) is 7.02. The standard InChI is InChI=1S/C21H32N8O/c1-4-20-27-25-16-28(20)14-11-23-21(24-12-15-30-3)22-10-7-13-29-17(2)26-18-8-5-6-9-19(18)29/h5-6,8-9,16H,4,7,10-15H2,1-3H3,(H2,22,23,24). The van der Waals surface area contributed by atoms with Crippen molar-refractivity contribution in [2.45, 2.75) is 39.8 Å². The van der Waals surface area contributed by atoms with E-state index < -0.39 is 0 Å². The number of imidazole rings is 1. The second-order valence-electron chi connectivity index (χ2n) is 7.02. The Balaban J connectivity index is 1.52. The second kappa shape index (κ2) is 11.3. The number of guanidine groups is 1. The van der Waals surface area contributed by atoms with Gasteiger partial charge in [0.25, 0.3) is 0 Å². The number of rotatable bonds is 11. The lowest BCUT2D eigenvalue weighted by molar-refractivity contribution is 0.203. The van der Waals surface area contributed by atoms with Crippen molar-refractivity contribution in [1.29, 1.82) is 0 Å². The van der Waals surface area contributed by atoms with Gasteiger partial charge >= 0.3 is 0 Å². The van der Waals surface area contributed by atoms with Gasteiger partial charge in [0, 0.05) is 46.3 Å². The number of hydrogen-bond acceptors (Lipinski definition) is 5. The zero-order chi connectivity index (χ0) is 21.2. The fraction of sp³-hybridized carbons (Fsp3) is 0.524. The molecule has 0 atom stereocenters. The molecule has 3 aromatic rings. The third-order valence-corrected chi connectivity index (χ3v) is 4.91. The fourth-order valence-corrected chi connectivity index (χ4v) is 3.38. The van der Waals surface area contributed by atoms with Gasteiger partial charge < -0.3 is 24.5 Å². The number of para-hydroxylation sites is 2. The number of nitrogens with zero attached hydrogens (tertiary/aromatic N) is 6. The number of methoxy groups -OCH3 is 1. The molecule has 1 aromatic carbocycles. The van der Waals surface area contributed by atoms with Crippen molar-refractivity contribution in [3.8, 4) is 0 Å². The van der Waals surface area contributed by atoms with Crippen LogP contribution in [0, 0.1) is 6.92 Å². The van der Waals surface area contributed by atoms with Crippen LogP contribution in [0.15, 0.2) is 35.6 Å². The lowest BCUT2D eigenvalue weighted by atomic mass is 10.3. The van der Waals surface area contributed by atoms with Gasteiger partial charge in [0.1, 0.15) is 18.0 Å². The van der Waals surface area contributed by atoms with Crippen LogP contribution in [-0.2, 0) is 24.2 Å². The van der Waals surface area contributed by atoms with Gasteiger partial charge in [0.2, 0.25) is 0 Å². The molecule has 0 saturated heterocycles. The van der Waals surface area contributed by atoms with Crippen LogP contribution in [0.25, 0.3) is 11.0 Å². The molecule has 0 aliphatic carbocycles. The first-order chi connectivity index (χ1) is 14.7. The predicted molar refractivity (Wildman–Crippen MR) is 119 cm³/mol. The molecule has 9 nitrogen and oxygen atoms in total. The minimum atomic E-state index is 0.631. The van der Waals surface area contributed by atoms with Crippen LogP contribution in [0.3, 0.4) is 0 Å². The van der Waals surface area contributed by atoms with Gasteiger partial charge in [-0.3, -0.25) is 4.99 Å². The highest BCUT2D eigenvalue weighted by atomic mass is 16.5. The zero-order valence-corrected chi connectivity index (χ0v) is 18.1. The molecule has 0 spiro atoms. The minimum Gasteiger partial charge on any atom is -0.383 e. The molecule has 0 bridgehead atoms. The summed E-state index contributed by atoms with van der Waals surface area (Å²) in [6.07, 6.45) is 3.58. The molecule has 2 N–H and O–H groups in total. The number of hydrogen-bond donors (Lipinski definition) is 2. The average molecular weight is 413 g/mol. The van der Waals surface area contributed by atoms with E-state index in [1.54, 1.807) is 13.4 Å². The SMILES string of the molecule is CCc1nncn1CCNC(=NCCCn1c(C)nc2ccccc21)NCCOC. The van der Waals surface area contributed by atoms with E-state index >= 15 is 0 Å². The van der Waals surface area contributed by atoms with Gasteiger partial charge in [-0.25, -0.2) is 4.98 Å². The van der Waals surface area contributed by atoms with E-state index in [1.807, 2.05) is 6.07 Å².